The molecule has 1 atom stereocenters. The van der Waals surface area contributed by atoms with E-state index in [1.165, 1.54) is 22.3 Å². The molecule has 3 aromatic carbocycles. The SMILES string of the molecule is CCC(C)(c1ccc(OC#N)cc1)c1ccc(C(C)(C)c2ccc(OC)cc2)cc1. The van der Waals surface area contributed by atoms with E-state index in [0.717, 1.165) is 12.2 Å². The zero-order valence-electron chi connectivity index (χ0n) is 18.4. The molecule has 1 unspecified atom stereocenters. The Balaban J connectivity index is 1.91. The van der Waals surface area contributed by atoms with Crippen LogP contribution in [0.4, 0.5) is 0 Å². The van der Waals surface area contributed by atoms with Crippen LogP contribution in [0.25, 0.3) is 0 Å². The van der Waals surface area contributed by atoms with Crippen LogP contribution in [0.5, 0.6) is 11.5 Å². The van der Waals surface area contributed by atoms with Crippen LogP contribution in [0, 0.1) is 11.5 Å². The van der Waals surface area contributed by atoms with Gasteiger partial charge in [0.1, 0.15) is 11.5 Å². The fourth-order valence-corrected chi connectivity index (χ4v) is 3.95. The summed E-state index contributed by atoms with van der Waals surface area (Å²) < 4.78 is 10.2. The number of nitriles is 1. The number of hydrogen-bond donors (Lipinski definition) is 0. The second kappa shape index (κ2) is 8.63. The van der Waals surface area contributed by atoms with Crippen LogP contribution in [0.15, 0.2) is 72.8 Å². The van der Waals surface area contributed by atoms with Crippen LogP contribution in [0.2, 0.25) is 0 Å². The molecule has 0 fully saturated rings. The second-order valence-corrected chi connectivity index (χ2v) is 8.33. The van der Waals surface area contributed by atoms with E-state index in [0.29, 0.717) is 5.75 Å². The third kappa shape index (κ3) is 4.04. The molecule has 0 amide bonds. The largest absolute Gasteiger partial charge is 0.497 e. The summed E-state index contributed by atoms with van der Waals surface area (Å²) in [5.74, 6) is 1.44. The van der Waals surface area contributed by atoms with Crippen LogP contribution in [0.3, 0.4) is 0 Å². The first-order valence-electron chi connectivity index (χ1n) is 10.3. The number of rotatable bonds is 7. The van der Waals surface area contributed by atoms with Gasteiger partial charge in [-0.05, 0) is 52.9 Å². The number of ether oxygens (including phenoxy) is 2. The van der Waals surface area contributed by atoms with Gasteiger partial charge in [0.25, 0.3) is 6.26 Å². The molecule has 0 spiro atoms. The molecular formula is C27H29NO2. The highest BCUT2D eigenvalue weighted by atomic mass is 16.5. The fourth-order valence-electron chi connectivity index (χ4n) is 3.95. The number of hydrogen-bond acceptors (Lipinski definition) is 3. The number of methoxy groups -OCH3 is 1. The predicted molar refractivity (Wildman–Crippen MR) is 121 cm³/mol. The van der Waals surface area contributed by atoms with Crippen molar-refractivity contribution in [2.75, 3.05) is 7.11 Å². The summed E-state index contributed by atoms with van der Waals surface area (Å²) >= 11 is 0. The summed E-state index contributed by atoms with van der Waals surface area (Å²) in [4.78, 5) is 0. The molecule has 3 heteroatoms. The van der Waals surface area contributed by atoms with E-state index in [1.807, 2.05) is 36.4 Å². The minimum absolute atomic E-state index is 0.107. The van der Waals surface area contributed by atoms with Gasteiger partial charge >= 0.3 is 0 Å². The maximum absolute atomic E-state index is 8.69. The zero-order chi connectivity index (χ0) is 21.8. The Kier molecular flexibility index (Phi) is 6.17. The van der Waals surface area contributed by atoms with Crippen molar-refractivity contribution in [3.05, 3.63) is 95.1 Å². The summed E-state index contributed by atoms with van der Waals surface area (Å²) in [5, 5.41) is 8.69. The van der Waals surface area contributed by atoms with E-state index in [2.05, 4.69) is 64.1 Å². The van der Waals surface area contributed by atoms with Gasteiger partial charge in [-0.1, -0.05) is 76.2 Å². The second-order valence-electron chi connectivity index (χ2n) is 8.33. The molecule has 0 bridgehead atoms. The molecule has 154 valence electrons. The first-order valence-corrected chi connectivity index (χ1v) is 10.3. The molecular weight excluding hydrogens is 370 g/mol. The van der Waals surface area contributed by atoms with E-state index in [4.69, 9.17) is 14.7 Å². The third-order valence-electron chi connectivity index (χ3n) is 6.42. The van der Waals surface area contributed by atoms with Crippen LogP contribution in [-0.2, 0) is 10.8 Å². The first-order chi connectivity index (χ1) is 14.3. The summed E-state index contributed by atoms with van der Waals surface area (Å²) in [6.45, 7) is 8.96. The first kappa shape index (κ1) is 21.5. The topological polar surface area (TPSA) is 42.2 Å². The van der Waals surface area contributed by atoms with Crippen LogP contribution in [0.1, 0.15) is 56.4 Å². The third-order valence-corrected chi connectivity index (χ3v) is 6.42. The molecule has 0 saturated carbocycles. The minimum atomic E-state index is -0.117. The molecule has 0 aliphatic rings. The van der Waals surface area contributed by atoms with E-state index < -0.39 is 0 Å². The van der Waals surface area contributed by atoms with E-state index in [-0.39, 0.29) is 10.8 Å². The Hall–Kier alpha value is -3.25. The van der Waals surface area contributed by atoms with Crippen molar-refractivity contribution in [1.82, 2.24) is 0 Å². The van der Waals surface area contributed by atoms with Gasteiger partial charge in [-0.15, -0.1) is 5.26 Å². The monoisotopic (exact) mass is 399 g/mol. The van der Waals surface area contributed by atoms with Gasteiger partial charge in [0.15, 0.2) is 0 Å². The smallest absolute Gasteiger partial charge is 0.292 e. The van der Waals surface area contributed by atoms with E-state index >= 15 is 0 Å². The summed E-state index contributed by atoms with van der Waals surface area (Å²) in [5.41, 5.74) is 4.78. The number of benzene rings is 3. The van der Waals surface area contributed by atoms with Gasteiger partial charge in [-0.3, -0.25) is 0 Å². The molecule has 3 aromatic rings. The molecule has 3 rings (SSSR count). The predicted octanol–water partition coefficient (Wildman–Crippen LogP) is 6.60. The molecule has 0 aliphatic carbocycles. The summed E-state index contributed by atoms with van der Waals surface area (Å²) in [6.07, 6.45) is 2.69. The lowest BCUT2D eigenvalue weighted by Gasteiger charge is -2.31. The van der Waals surface area contributed by atoms with Crippen molar-refractivity contribution >= 4 is 0 Å². The van der Waals surface area contributed by atoms with Crippen LogP contribution >= 0.6 is 0 Å². The molecule has 30 heavy (non-hydrogen) atoms. The Labute approximate surface area is 179 Å². The standard InChI is InChI=1S/C27H29NO2/c1-6-27(4,23-13-17-25(18-14-23)30-19-28)22-9-7-20(8-10-22)26(2,3)21-11-15-24(29-5)16-12-21/h7-18H,6H2,1-5H3. The molecule has 0 heterocycles. The van der Waals surface area contributed by atoms with Gasteiger partial charge in [0.05, 0.1) is 7.11 Å². The average molecular weight is 400 g/mol. The molecule has 3 nitrogen and oxygen atoms in total. The maximum Gasteiger partial charge on any atom is 0.292 e. The lowest BCUT2D eigenvalue weighted by molar-refractivity contribution is 0.414. The van der Waals surface area contributed by atoms with Crippen molar-refractivity contribution < 1.29 is 9.47 Å². The van der Waals surface area contributed by atoms with Gasteiger partial charge in [-0.2, -0.15) is 0 Å². The molecule has 0 saturated heterocycles. The van der Waals surface area contributed by atoms with Gasteiger partial charge < -0.3 is 9.47 Å². The van der Waals surface area contributed by atoms with Gasteiger partial charge in [0, 0.05) is 10.8 Å². The number of nitrogens with zero attached hydrogens (tertiary/aromatic N) is 1. The fraction of sp³-hybridized carbons (Fsp3) is 0.296. The maximum atomic E-state index is 8.69. The highest BCUT2D eigenvalue weighted by Gasteiger charge is 2.28. The summed E-state index contributed by atoms with van der Waals surface area (Å²) in [7, 11) is 1.69. The average Bonchev–Trinajstić information content (AvgIpc) is 2.79. The molecule has 0 N–H and O–H groups in total. The van der Waals surface area contributed by atoms with Gasteiger partial charge in [-0.25, -0.2) is 0 Å². The van der Waals surface area contributed by atoms with Crippen molar-refractivity contribution in [1.29, 1.82) is 5.26 Å². The Morgan fingerprint density at radius 1 is 0.700 bits per heavy atom. The highest BCUT2D eigenvalue weighted by Crippen LogP contribution is 2.38. The van der Waals surface area contributed by atoms with Crippen molar-refractivity contribution in [3.8, 4) is 17.8 Å². The van der Waals surface area contributed by atoms with E-state index in [1.54, 1.807) is 13.4 Å². The Bertz CT molecular complexity index is 1010. The molecule has 0 radical (unpaired) electrons. The van der Waals surface area contributed by atoms with E-state index in [9.17, 15) is 0 Å². The Morgan fingerprint density at radius 2 is 1.10 bits per heavy atom. The van der Waals surface area contributed by atoms with Crippen molar-refractivity contribution in [3.63, 3.8) is 0 Å². The van der Waals surface area contributed by atoms with Gasteiger partial charge in [0.2, 0.25) is 0 Å². The Morgan fingerprint density at radius 3 is 1.53 bits per heavy atom. The normalized spacial score (nSPS) is 13.2. The quantitative estimate of drug-likeness (QED) is 0.421. The lowest BCUT2D eigenvalue weighted by atomic mass is 9.72. The lowest BCUT2D eigenvalue weighted by Crippen LogP contribution is -2.23. The minimum Gasteiger partial charge on any atom is -0.497 e. The summed E-state index contributed by atoms with van der Waals surface area (Å²) in [6, 6.07) is 25.0. The van der Waals surface area contributed by atoms with Crippen LogP contribution < -0.4 is 9.47 Å². The zero-order valence-corrected chi connectivity index (χ0v) is 18.4. The van der Waals surface area contributed by atoms with Crippen molar-refractivity contribution in [2.45, 2.75) is 44.9 Å². The molecule has 0 aliphatic heterocycles. The van der Waals surface area contributed by atoms with Crippen LogP contribution in [-0.4, -0.2) is 7.11 Å². The van der Waals surface area contributed by atoms with Crippen molar-refractivity contribution in [2.24, 2.45) is 0 Å². The molecule has 0 aromatic heterocycles. The highest BCUT2D eigenvalue weighted by molar-refractivity contribution is 5.45.